The lowest BCUT2D eigenvalue weighted by Crippen LogP contribution is -2.32. The third kappa shape index (κ3) is 2.66. The molecule has 0 bridgehead atoms. The Morgan fingerprint density at radius 2 is 1.63 bits per heavy atom. The summed E-state index contributed by atoms with van der Waals surface area (Å²) in [4.78, 5) is 34.7. The van der Waals surface area contributed by atoms with Gasteiger partial charge in [-0.3, -0.25) is 9.59 Å². The topological polar surface area (TPSA) is 58.4 Å². The van der Waals surface area contributed by atoms with Gasteiger partial charge in [-0.1, -0.05) is 18.2 Å². The first-order valence-corrected chi connectivity index (χ1v) is 10.0. The highest BCUT2D eigenvalue weighted by molar-refractivity contribution is 6.06. The minimum absolute atomic E-state index is 0.000905. The van der Waals surface area contributed by atoms with E-state index in [0.29, 0.717) is 18.1 Å². The Morgan fingerprint density at radius 3 is 2.48 bits per heavy atom. The number of amides is 2. The molecule has 3 aliphatic heterocycles. The zero-order chi connectivity index (χ0) is 18.4. The van der Waals surface area contributed by atoms with Gasteiger partial charge in [-0.05, 0) is 50.2 Å². The molecule has 27 heavy (non-hydrogen) atoms. The summed E-state index contributed by atoms with van der Waals surface area (Å²) in [5, 5.41) is 0. The molecule has 0 atom stereocenters. The molecule has 4 heterocycles. The number of carbonyl (C=O) groups is 2. The monoisotopic (exact) mass is 364 g/mol. The van der Waals surface area contributed by atoms with Crippen molar-refractivity contribution >= 4 is 17.5 Å². The van der Waals surface area contributed by atoms with Crippen LogP contribution in [0.5, 0.6) is 0 Å². The maximum atomic E-state index is 13.4. The summed E-state index contributed by atoms with van der Waals surface area (Å²) in [5.74, 6) is 0.353. The number of nitrogens with zero attached hydrogens (tertiary/aromatic N) is 4. The number of imidazole rings is 1. The second-order valence-electron chi connectivity index (χ2n) is 7.67. The van der Waals surface area contributed by atoms with Crippen LogP contribution in [-0.4, -0.2) is 45.9 Å². The lowest BCUT2D eigenvalue weighted by atomic mass is 10.1. The van der Waals surface area contributed by atoms with E-state index in [-0.39, 0.29) is 11.8 Å². The van der Waals surface area contributed by atoms with E-state index in [0.717, 1.165) is 69.5 Å². The maximum absolute atomic E-state index is 13.4. The van der Waals surface area contributed by atoms with Crippen LogP contribution in [0.4, 0.5) is 5.69 Å². The molecule has 1 aromatic heterocycles. The van der Waals surface area contributed by atoms with Gasteiger partial charge < -0.3 is 14.4 Å². The van der Waals surface area contributed by atoms with E-state index < -0.39 is 0 Å². The predicted octanol–water partition coefficient (Wildman–Crippen LogP) is 2.66. The predicted molar refractivity (Wildman–Crippen MR) is 102 cm³/mol. The van der Waals surface area contributed by atoms with Crippen LogP contribution < -0.4 is 4.90 Å². The zero-order valence-electron chi connectivity index (χ0n) is 15.5. The highest BCUT2D eigenvalue weighted by Gasteiger charge is 2.34. The Kier molecular flexibility index (Phi) is 3.99. The molecule has 1 fully saturated rings. The molecule has 0 spiro atoms. The van der Waals surface area contributed by atoms with Gasteiger partial charge in [0.2, 0.25) is 5.82 Å². The van der Waals surface area contributed by atoms with Gasteiger partial charge in [-0.25, -0.2) is 4.98 Å². The van der Waals surface area contributed by atoms with E-state index >= 15 is 0 Å². The standard InChI is InChI=1S/C21H24N4O2/c26-20(23-11-5-6-12-23)18-17-9-3-4-13-24(17)19(22-18)21(27)25-14-10-15-7-1-2-8-16(15)25/h1-2,7-8H,3-6,9-14H2. The second-order valence-corrected chi connectivity index (χ2v) is 7.67. The quantitative estimate of drug-likeness (QED) is 0.823. The van der Waals surface area contributed by atoms with E-state index in [9.17, 15) is 9.59 Å². The number of benzene rings is 1. The summed E-state index contributed by atoms with van der Waals surface area (Å²) in [5.41, 5.74) is 3.63. The van der Waals surface area contributed by atoms with E-state index in [4.69, 9.17) is 0 Å². The van der Waals surface area contributed by atoms with Gasteiger partial charge in [-0.15, -0.1) is 0 Å². The fourth-order valence-corrected chi connectivity index (χ4v) is 4.62. The van der Waals surface area contributed by atoms with Gasteiger partial charge in [0.05, 0.1) is 5.69 Å². The third-order valence-corrected chi connectivity index (χ3v) is 6.04. The van der Waals surface area contributed by atoms with Crippen molar-refractivity contribution in [3.63, 3.8) is 0 Å². The van der Waals surface area contributed by atoms with Crippen molar-refractivity contribution in [1.29, 1.82) is 0 Å². The molecule has 0 saturated carbocycles. The molecule has 140 valence electrons. The number of likely N-dealkylation sites (tertiary alicyclic amines) is 1. The summed E-state index contributed by atoms with van der Waals surface area (Å²) < 4.78 is 2.01. The highest BCUT2D eigenvalue weighted by Crippen LogP contribution is 2.30. The van der Waals surface area contributed by atoms with Crippen molar-refractivity contribution in [2.24, 2.45) is 0 Å². The fraction of sp³-hybridized carbons (Fsp3) is 0.476. The molecule has 0 unspecified atom stereocenters. The Hall–Kier alpha value is -2.63. The number of hydrogen-bond acceptors (Lipinski definition) is 3. The Bertz CT molecular complexity index is 911. The minimum Gasteiger partial charge on any atom is -0.337 e. The van der Waals surface area contributed by atoms with E-state index in [1.165, 1.54) is 5.56 Å². The summed E-state index contributed by atoms with van der Waals surface area (Å²) in [6, 6.07) is 8.05. The molecule has 0 aliphatic carbocycles. The van der Waals surface area contributed by atoms with Crippen molar-refractivity contribution < 1.29 is 9.59 Å². The van der Waals surface area contributed by atoms with Gasteiger partial charge in [0.1, 0.15) is 5.69 Å². The molecule has 0 N–H and O–H groups in total. The van der Waals surface area contributed by atoms with Crippen LogP contribution in [0.3, 0.4) is 0 Å². The zero-order valence-corrected chi connectivity index (χ0v) is 15.5. The average molecular weight is 364 g/mol. The van der Waals surface area contributed by atoms with Crippen molar-refractivity contribution in [3.8, 4) is 0 Å². The first-order valence-electron chi connectivity index (χ1n) is 10.0. The van der Waals surface area contributed by atoms with Crippen LogP contribution >= 0.6 is 0 Å². The van der Waals surface area contributed by atoms with Crippen LogP contribution in [0, 0.1) is 0 Å². The smallest absolute Gasteiger partial charge is 0.294 e. The van der Waals surface area contributed by atoms with Crippen molar-refractivity contribution in [3.05, 3.63) is 47.0 Å². The summed E-state index contributed by atoms with van der Waals surface area (Å²) >= 11 is 0. The molecule has 1 saturated heterocycles. The molecular formula is C21H24N4O2. The van der Waals surface area contributed by atoms with Crippen LogP contribution in [0.15, 0.2) is 24.3 Å². The fourth-order valence-electron chi connectivity index (χ4n) is 4.62. The molecular weight excluding hydrogens is 340 g/mol. The minimum atomic E-state index is -0.0800. The number of aromatic nitrogens is 2. The first kappa shape index (κ1) is 16.5. The molecule has 6 nitrogen and oxygen atoms in total. The molecule has 3 aliphatic rings. The van der Waals surface area contributed by atoms with Crippen molar-refractivity contribution in [2.45, 2.75) is 45.1 Å². The van der Waals surface area contributed by atoms with Gasteiger partial charge in [0, 0.05) is 31.9 Å². The number of fused-ring (bicyclic) bond motifs is 2. The summed E-state index contributed by atoms with van der Waals surface area (Å²) in [7, 11) is 0. The average Bonchev–Trinajstić information content (AvgIpc) is 3.45. The van der Waals surface area contributed by atoms with Gasteiger partial charge in [0.15, 0.2) is 0 Å². The molecule has 0 radical (unpaired) electrons. The van der Waals surface area contributed by atoms with Gasteiger partial charge in [-0.2, -0.15) is 0 Å². The van der Waals surface area contributed by atoms with Crippen LogP contribution in [0.2, 0.25) is 0 Å². The largest absolute Gasteiger partial charge is 0.337 e. The van der Waals surface area contributed by atoms with Crippen molar-refractivity contribution in [2.75, 3.05) is 24.5 Å². The van der Waals surface area contributed by atoms with Crippen LogP contribution in [0.25, 0.3) is 0 Å². The normalized spacial score (nSPS) is 18.5. The summed E-state index contributed by atoms with van der Waals surface area (Å²) in [6.07, 6.45) is 5.88. The first-order chi connectivity index (χ1) is 13.2. The lowest BCUT2D eigenvalue weighted by molar-refractivity contribution is 0.0786. The number of carbonyl (C=O) groups excluding carboxylic acids is 2. The Balaban J connectivity index is 1.53. The SMILES string of the molecule is O=C(c1nc(C(=O)N2CCc3ccccc32)n2c1CCCC2)N1CCCC1. The number of para-hydroxylation sites is 1. The van der Waals surface area contributed by atoms with Crippen LogP contribution in [0.1, 0.15) is 58.0 Å². The molecule has 2 amide bonds. The Labute approximate surface area is 158 Å². The molecule has 2 aromatic rings. The number of hydrogen-bond donors (Lipinski definition) is 0. The number of anilines is 1. The lowest BCUT2D eigenvalue weighted by Gasteiger charge is -2.21. The second kappa shape index (κ2) is 6.51. The third-order valence-electron chi connectivity index (χ3n) is 6.04. The molecule has 5 rings (SSSR count). The van der Waals surface area contributed by atoms with Crippen molar-refractivity contribution in [1.82, 2.24) is 14.5 Å². The van der Waals surface area contributed by atoms with E-state index in [2.05, 4.69) is 11.1 Å². The molecule has 1 aromatic carbocycles. The highest BCUT2D eigenvalue weighted by atomic mass is 16.2. The maximum Gasteiger partial charge on any atom is 0.294 e. The van der Waals surface area contributed by atoms with Gasteiger partial charge in [0.25, 0.3) is 11.8 Å². The summed E-state index contributed by atoms with van der Waals surface area (Å²) in [6.45, 7) is 3.05. The van der Waals surface area contributed by atoms with E-state index in [1.807, 2.05) is 32.6 Å². The van der Waals surface area contributed by atoms with Gasteiger partial charge >= 0.3 is 0 Å². The number of rotatable bonds is 2. The Morgan fingerprint density at radius 1 is 0.852 bits per heavy atom. The van der Waals surface area contributed by atoms with E-state index in [1.54, 1.807) is 0 Å². The van der Waals surface area contributed by atoms with Crippen LogP contribution in [-0.2, 0) is 19.4 Å². The molecule has 6 heteroatoms.